The van der Waals surface area contributed by atoms with Crippen molar-refractivity contribution in [1.82, 2.24) is 10.2 Å². The van der Waals surface area contributed by atoms with Crippen LogP contribution in [0.2, 0.25) is 0 Å². The molecule has 0 saturated carbocycles. The van der Waals surface area contributed by atoms with E-state index in [1.54, 1.807) is 19.1 Å². The fourth-order valence-electron chi connectivity index (χ4n) is 3.29. The number of nitrogens with one attached hydrogen (secondary N) is 1. The topological polar surface area (TPSA) is 67.9 Å². The number of methoxy groups -OCH3 is 1. The molecule has 2 rings (SSSR count). The third kappa shape index (κ3) is 6.74. The largest absolute Gasteiger partial charge is 0.497 e. The predicted octanol–water partition coefficient (Wildman–Crippen LogP) is 3.92. The summed E-state index contributed by atoms with van der Waals surface area (Å²) in [6.45, 7) is 8.49. The lowest BCUT2D eigenvalue weighted by atomic mass is 9.87. The van der Waals surface area contributed by atoms with Gasteiger partial charge in [-0.3, -0.25) is 9.59 Å². The summed E-state index contributed by atoms with van der Waals surface area (Å²) >= 11 is 0. The van der Waals surface area contributed by atoms with Crippen LogP contribution < -0.4 is 14.8 Å². The Morgan fingerprint density at radius 1 is 1.00 bits per heavy atom. The molecular weight excluding hydrogens is 392 g/mol. The van der Waals surface area contributed by atoms with E-state index in [0.717, 1.165) is 11.3 Å². The number of hydrogen-bond donors (Lipinski definition) is 1. The first-order chi connectivity index (χ1) is 14.7. The van der Waals surface area contributed by atoms with Crippen LogP contribution >= 0.6 is 0 Å². The van der Waals surface area contributed by atoms with Crippen LogP contribution in [0.1, 0.15) is 45.2 Å². The Morgan fingerprint density at radius 2 is 1.58 bits per heavy atom. The van der Waals surface area contributed by atoms with Crippen LogP contribution in [0.25, 0.3) is 0 Å². The van der Waals surface area contributed by atoms with E-state index < -0.39 is 6.04 Å². The molecule has 0 unspecified atom stereocenters. The van der Waals surface area contributed by atoms with Gasteiger partial charge in [-0.25, -0.2) is 0 Å². The lowest BCUT2D eigenvalue weighted by Crippen LogP contribution is -2.49. The number of nitrogens with zero attached hydrogens (tertiary/aromatic N) is 1. The molecule has 0 aliphatic carbocycles. The molecule has 2 aromatic rings. The van der Waals surface area contributed by atoms with Crippen LogP contribution in [-0.4, -0.2) is 43.5 Å². The molecule has 1 atom stereocenters. The Labute approximate surface area is 185 Å². The maximum atomic E-state index is 13.1. The van der Waals surface area contributed by atoms with Gasteiger partial charge < -0.3 is 19.7 Å². The summed E-state index contributed by atoms with van der Waals surface area (Å²) in [6, 6.07) is 14.6. The normalized spacial score (nSPS) is 12.1. The molecule has 6 heteroatoms. The van der Waals surface area contributed by atoms with Crippen molar-refractivity contribution in [2.24, 2.45) is 0 Å². The molecule has 6 nitrogen and oxygen atoms in total. The summed E-state index contributed by atoms with van der Waals surface area (Å²) < 4.78 is 11.0. The summed E-state index contributed by atoms with van der Waals surface area (Å²) in [7, 11) is 3.18. The van der Waals surface area contributed by atoms with Crippen LogP contribution in [-0.2, 0) is 21.5 Å². The van der Waals surface area contributed by atoms with E-state index >= 15 is 0 Å². The summed E-state index contributed by atoms with van der Waals surface area (Å²) in [6.07, 6.45) is 0.502. The van der Waals surface area contributed by atoms with Crippen LogP contribution in [0, 0.1) is 0 Å². The highest BCUT2D eigenvalue weighted by Gasteiger charge is 2.28. The van der Waals surface area contributed by atoms with Crippen LogP contribution in [0.5, 0.6) is 11.5 Å². The molecule has 0 spiro atoms. The van der Waals surface area contributed by atoms with Gasteiger partial charge in [-0.05, 0) is 47.2 Å². The number of hydrogen-bond acceptors (Lipinski definition) is 4. The fraction of sp³-hybridized carbons (Fsp3) is 0.440. The minimum atomic E-state index is -0.577. The number of ether oxygens (including phenoxy) is 2. The molecule has 0 bridgehead atoms. The van der Waals surface area contributed by atoms with Crippen LogP contribution in [0.4, 0.5) is 0 Å². The second kappa shape index (κ2) is 10.8. The summed E-state index contributed by atoms with van der Waals surface area (Å²) in [5.74, 6) is 0.922. The number of amides is 2. The minimum Gasteiger partial charge on any atom is -0.497 e. The monoisotopic (exact) mass is 426 g/mol. The van der Waals surface area contributed by atoms with Crippen molar-refractivity contribution in [2.45, 2.75) is 52.1 Å². The molecule has 0 fully saturated rings. The molecule has 31 heavy (non-hydrogen) atoms. The van der Waals surface area contributed by atoms with E-state index in [9.17, 15) is 9.59 Å². The van der Waals surface area contributed by atoms with Gasteiger partial charge in [0, 0.05) is 13.6 Å². The van der Waals surface area contributed by atoms with E-state index in [0.29, 0.717) is 18.7 Å². The Bertz CT molecular complexity index is 855. The summed E-state index contributed by atoms with van der Waals surface area (Å²) in [5, 5.41) is 2.66. The van der Waals surface area contributed by atoms with E-state index in [1.807, 2.05) is 55.5 Å². The molecule has 0 radical (unpaired) electrons. The summed E-state index contributed by atoms with van der Waals surface area (Å²) in [4.78, 5) is 27.1. The van der Waals surface area contributed by atoms with Gasteiger partial charge in [-0.1, -0.05) is 52.0 Å². The highest BCUT2D eigenvalue weighted by Crippen LogP contribution is 2.24. The number of rotatable bonds is 9. The van der Waals surface area contributed by atoms with Crippen molar-refractivity contribution in [3.05, 3.63) is 59.7 Å². The van der Waals surface area contributed by atoms with Crippen molar-refractivity contribution >= 4 is 11.8 Å². The molecule has 0 aliphatic heterocycles. The zero-order chi connectivity index (χ0) is 23.0. The Kier molecular flexibility index (Phi) is 8.48. The van der Waals surface area contributed by atoms with Crippen molar-refractivity contribution in [3.8, 4) is 11.5 Å². The lowest BCUT2D eigenvalue weighted by molar-refractivity contribution is -0.142. The minimum absolute atomic E-state index is 0.0470. The standard InChI is InChI=1S/C25H34N2O4/c1-7-22(24(29)26-5)27(16-18-8-12-20(30-6)13-9-18)23(28)17-31-21-14-10-19(11-15-21)25(2,3)4/h8-15,22H,7,16-17H2,1-6H3,(H,26,29)/t22-/m0/s1. The first-order valence-corrected chi connectivity index (χ1v) is 10.6. The van der Waals surface area contributed by atoms with Crippen LogP contribution in [0.15, 0.2) is 48.5 Å². The van der Waals surface area contributed by atoms with Gasteiger partial charge in [0.05, 0.1) is 7.11 Å². The van der Waals surface area contributed by atoms with Crippen LogP contribution in [0.3, 0.4) is 0 Å². The Hall–Kier alpha value is -3.02. The maximum Gasteiger partial charge on any atom is 0.261 e. The predicted molar refractivity (Wildman–Crippen MR) is 122 cm³/mol. The third-order valence-corrected chi connectivity index (χ3v) is 5.23. The maximum absolute atomic E-state index is 13.1. The number of carbonyl (C=O) groups excluding carboxylic acids is 2. The highest BCUT2D eigenvalue weighted by molar-refractivity contribution is 5.88. The average Bonchev–Trinajstić information content (AvgIpc) is 2.77. The Morgan fingerprint density at radius 3 is 2.06 bits per heavy atom. The van der Waals surface area contributed by atoms with Gasteiger partial charge in [0.25, 0.3) is 5.91 Å². The van der Waals surface area contributed by atoms with Gasteiger partial charge in [-0.15, -0.1) is 0 Å². The van der Waals surface area contributed by atoms with Gasteiger partial charge in [0.2, 0.25) is 5.91 Å². The molecule has 0 saturated heterocycles. The van der Waals surface area contributed by atoms with Gasteiger partial charge in [0.1, 0.15) is 17.5 Å². The van der Waals surface area contributed by atoms with E-state index in [-0.39, 0.29) is 23.8 Å². The van der Waals surface area contributed by atoms with E-state index in [1.165, 1.54) is 5.56 Å². The van der Waals surface area contributed by atoms with Crippen molar-refractivity contribution in [1.29, 1.82) is 0 Å². The quantitative estimate of drug-likeness (QED) is 0.660. The second-order valence-corrected chi connectivity index (χ2v) is 8.47. The SMILES string of the molecule is CC[C@@H](C(=O)NC)N(Cc1ccc(OC)cc1)C(=O)COc1ccc(C(C)(C)C)cc1. The second-order valence-electron chi connectivity index (χ2n) is 8.47. The molecule has 0 aromatic heterocycles. The van der Waals surface area contributed by atoms with Gasteiger partial charge in [-0.2, -0.15) is 0 Å². The zero-order valence-corrected chi connectivity index (χ0v) is 19.4. The molecule has 0 aliphatic rings. The molecule has 1 N–H and O–H groups in total. The molecule has 2 amide bonds. The zero-order valence-electron chi connectivity index (χ0n) is 19.4. The first kappa shape index (κ1) is 24.3. The Balaban J connectivity index is 2.15. The number of carbonyl (C=O) groups is 2. The van der Waals surface area contributed by atoms with Gasteiger partial charge in [0.15, 0.2) is 6.61 Å². The fourth-order valence-corrected chi connectivity index (χ4v) is 3.29. The van der Waals surface area contributed by atoms with E-state index in [4.69, 9.17) is 9.47 Å². The lowest BCUT2D eigenvalue weighted by Gasteiger charge is -2.30. The molecule has 0 heterocycles. The van der Waals surface area contributed by atoms with Crippen molar-refractivity contribution in [3.63, 3.8) is 0 Å². The highest BCUT2D eigenvalue weighted by atomic mass is 16.5. The van der Waals surface area contributed by atoms with Gasteiger partial charge >= 0.3 is 0 Å². The van der Waals surface area contributed by atoms with Crippen molar-refractivity contribution in [2.75, 3.05) is 20.8 Å². The van der Waals surface area contributed by atoms with E-state index in [2.05, 4.69) is 26.1 Å². The van der Waals surface area contributed by atoms with Crippen molar-refractivity contribution < 1.29 is 19.1 Å². The smallest absolute Gasteiger partial charge is 0.261 e. The third-order valence-electron chi connectivity index (χ3n) is 5.23. The molecular formula is C25H34N2O4. The first-order valence-electron chi connectivity index (χ1n) is 10.6. The number of likely N-dealkylation sites (N-methyl/N-ethyl adjacent to an activating group) is 1. The average molecular weight is 427 g/mol. The summed E-state index contributed by atoms with van der Waals surface area (Å²) in [5.41, 5.74) is 2.15. The molecule has 168 valence electrons. The molecule has 2 aromatic carbocycles. The number of benzene rings is 2.